The van der Waals surface area contributed by atoms with Crippen molar-refractivity contribution >= 4 is 0 Å². The fourth-order valence-corrected chi connectivity index (χ4v) is 1.16. The van der Waals surface area contributed by atoms with Gasteiger partial charge >= 0.3 is 51.4 Å². The monoisotopic (exact) mass is 263 g/mol. The van der Waals surface area contributed by atoms with Crippen molar-refractivity contribution in [1.29, 1.82) is 0 Å². The summed E-state index contributed by atoms with van der Waals surface area (Å²) in [5, 5.41) is 0. The van der Waals surface area contributed by atoms with Gasteiger partial charge in [-0.05, 0) is 0 Å². The number of hydrogen-bond acceptors (Lipinski definition) is 2. The van der Waals surface area contributed by atoms with Crippen LogP contribution in [0.1, 0.15) is 33.3 Å². The van der Waals surface area contributed by atoms with Crippen LogP contribution in [0.2, 0.25) is 0 Å². The second kappa shape index (κ2) is 14.5. The molecule has 1 aromatic carbocycles. The van der Waals surface area contributed by atoms with E-state index in [0.717, 1.165) is 17.1 Å². The van der Waals surface area contributed by atoms with Crippen LogP contribution < -0.4 is 60.9 Å². The van der Waals surface area contributed by atoms with Crippen LogP contribution in [0, 0.1) is 20.4 Å². The zero-order valence-electron chi connectivity index (χ0n) is 12.4. The summed E-state index contributed by atoms with van der Waals surface area (Å²) in [6, 6.07) is 6.78. The maximum atomic E-state index is 5.40. The molecule has 3 heteroatoms. The van der Waals surface area contributed by atoms with Gasteiger partial charge in [-0.2, -0.15) is 12.1 Å². The van der Waals surface area contributed by atoms with Gasteiger partial charge in [0.25, 0.3) is 0 Å². The molecule has 94 valence electrons. The van der Waals surface area contributed by atoms with E-state index in [9.17, 15) is 0 Å². The van der Waals surface area contributed by atoms with E-state index in [4.69, 9.17) is 9.47 Å². The van der Waals surface area contributed by atoms with E-state index in [1.807, 2.05) is 46.8 Å². The molecule has 0 atom stereocenters. The molecule has 1 aliphatic heterocycles. The Labute approximate surface area is 150 Å². The molecule has 0 unspecified atom stereocenters. The predicted octanol–water partition coefficient (Wildman–Crippen LogP) is 1.07. The van der Waals surface area contributed by atoms with Gasteiger partial charge in [-0.3, -0.25) is 0 Å². The zero-order chi connectivity index (χ0) is 11.7. The third-order valence-corrected chi connectivity index (χ3v) is 1.69. The van der Waals surface area contributed by atoms with Crippen molar-refractivity contribution in [3.8, 4) is 11.5 Å². The molecule has 1 heterocycles. The van der Waals surface area contributed by atoms with Crippen LogP contribution in [0.25, 0.3) is 0 Å². The Bertz CT molecular complexity index is 275. The van der Waals surface area contributed by atoms with Gasteiger partial charge in [0.15, 0.2) is 0 Å². The number of rotatable bonds is 0. The normalized spacial score (nSPS) is 10.2. The average molecular weight is 263 g/mol. The first-order chi connectivity index (χ1) is 7.38. The summed E-state index contributed by atoms with van der Waals surface area (Å²) in [5.41, 5.74) is 1.02. The molecule has 2 rings (SSSR count). The van der Waals surface area contributed by atoms with Crippen molar-refractivity contribution in [2.75, 3.05) is 13.2 Å². The second-order valence-electron chi connectivity index (χ2n) is 2.49. The summed E-state index contributed by atoms with van der Waals surface area (Å²) < 4.78 is 10.8. The largest absolute Gasteiger partial charge is 1.00 e. The first kappa shape index (κ1) is 22.6. The molecule has 2 nitrogen and oxygen atoms in total. The van der Waals surface area contributed by atoms with E-state index in [0.29, 0.717) is 13.2 Å². The fourth-order valence-electron chi connectivity index (χ4n) is 1.16. The fraction of sp³-hybridized carbons (Fsp3) is 0.500. The molecule has 1 aromatic rings. The Morgan fingerprint density at radius 2 is 1.59 bits per heavy atom. The minimum Gasteiger partial charge on any atom is -0.544 e. The number of hydrogen-bond donors (Lipinski definition) is 0. The number of fused-ring (bicyclic) bond motifs is 1. The van der Waals surface area contributed by atoms with Crippen LogP contribution in [0.15, 0.2) is 12.1 Å². The molecule has 0 saturated carbocycles. The predicted molar refractivity (Wildman–Crippen MR) is 70.1 cm³/mol. The van der Waals surface area contributed by atoms with Crippen molar-refractivity contribution in [2.24, 2.45) is 0 Å². The molecule has 0 aromatic heterocycles. The first-order valence-electron chi connectivity index (χ1n) is 5.65. The van der Waals surface area contributed by atoms with Crippen molar-refractivity contribution in [1.82, 2.24) is 0 Å². The van der Waals surface area contributed by atoms with Gasteiger partial charge in [0.05, 0.1) is 11.5 Å². The van der Waals surface area contributed by atoms with Crippen LogP contribution in [0.3, 0.4) is 0 Å². The van der Waals surface area contributed by atoms with Crippen molar-refractivity contribution in [3.63, 3.8) is 0 Å². The summed E-state index contributed by atoms with van der Waals surface area (Å²) in [6.45, 7) is 11.3. The molecule has 1 aliphatic rings. The summed E-state index contributed by atoms with van der Waals surface area (Å²) >= 11 is 0. The van der Waals surface area contributed by atoms with Crippen LogP contribution in [0.5, 0.6) is 11.5 Å². The van der Waals surface area contributed by atoms with Crippen LogP contribution in [0.4, 0.5) is 0 Å². The molecule has 0 amide bonds. The Hall–Kier alpha value is 0.456. The topological polar surface area (TPSA) is 18.5 Å². The molecular formula is C14H24KO2-. The Balaban J connectivity index is -0.000000299. The van der Waals surface area contributed by atoms with Gasteiger partial charge in [-0.25, -0.2) is 0 Å². The number of ether oxygens (including phenoxy) is 2. The standard InChI is InChI=1S/C9H9O2.2C2H6.CH3.K/c1-7-3-2-4-8-9(7)11-6-5-10-8;2*1-2;;/h2,4H,5-6H2,1H3;2*1-2H3;1H3;/q-1;;;-1;+1. The van der Waals surface area contributed by atoms with Gasteiger partial charge in [-0.15, -0.1) is 11.6 Å². The van der Waals surface area contributed by atoms with E-state index in [2.05, 4.69) is 6.07 Å². The van der Waals surface area contributed by atoms with Crippen molar-refractivity contribution in [3.05, 3.63) is 31.2 Å². The molecule has 0 spiro atoms. The van der Waals surface area contributed by atoms with Crippen LogP contribution in [-0.2, 0) is 0 Å². The third kappa shape index (κ3) is 7.47. The van der Waals surface area contributed by atoms with E-state index < -0.39 is 0 Å². The number of aryl methyl sites for hydroxylation is 1. The maximum Gasteiger partial charge on any atom is 1.00 e. The summed E-state index contributed by atoms with van der Waals surface area (Å²) in [4.78, 5) is 0. The Morgan fingerprint density at radius 3 is 2.12 bits per heavy atom. The van der Waals surface area contributed by atoms with Gasteiger partial charge < -0.3 is 16.9 Å². The van der Waals surface area contributed by atoms with Crippen LogP contribution in [-0.4, -0.2) is 13.2 Å². The smallest absolute Gasteiger partial charge is 0.544 e. The molecule has 0 radical (unpaired) electrons. The van der Waals surface area contributed by atoms with Gasteiger partial charge in [-0.1, -0.05) is 34.6 Å². The van der Waals surface area contributed by atoms with Crippen molar-refractivity contribution < 1.29 is 60.9 Å². The Kier molecular flexibility index (Phi) is 19.3. The first-order valence-corrected chi connectivity index (χ1v) is 5.65. The molecule has 0 bridgehead atoms. The molecular weight excluding hydrogens is 239 g/mol. The molecule has 0 saturated heterocycles. The SMILES string of the molecule is CC.CC.Cc1[c-]ccc2c1OCCO2.[CH3-].[K+]. The van der Waals surface area contributed by atoms with Crippen molar-refractivity contribution in [2.45, 2.75) is 34.6 Å². The third-order valence-electron chi connectivity index (χ3n) is 1.69. The molecule has 0 fully saturated rings. The molecule has 17 heavy (non-hydrogen) atoms. The molecule has 0 N–H and O–H groups in total. The number of benzene rings is 1. The quantitative estimate of drug-likeness (QED) is 0.515. The van der Waals surface area contributed by atoms with Gasteiger partial charge in [0.1, 0.15) is 13.2 Å². The minimum atomic E-state index is 0. The van der Waals surface area contributed by atoms with E-state index >= 15 is 0 Å². The van der Waals surface area contributed by atoms with Crippen LogP contribution >= 0.6 is 0 Å². The van der Waals surface area contributed by atoms with E-state index in [1.165, 1.54) is 0 Å². The van der Waals surface area contributed by atoms with E-state index in [-0.39, 0.29) is 58.8 Å². The Morgan fingerprint density at radius 1 is 1.06 bits per heavy atom. The molecule has 0 aliphatic carbocycles. The maximum absolute atomic E-state index is 5.40. The van der Waals surface area contributed by atoms with Gasteiger partial charge in [0.2, 0.25) is 0 Å². The zero-order valence-corrected chi connectivity index (χ0v) is 15.5. The summed E-state index contributed by atoms with van der Waals surface area (Å²) in [7, 11) is 0. The minimum absolute atomic E-state index is 0. The van der Waals surface area contributed by atoms with E-state index in [1.54, 1.807) is 0 Å². The van der Waals surface area contributed by atoms with Gasteiger partial charge in [0, 0.05) is 0 Å². The second-order valence-corrected chi connectivity index (χ2v) is 2.49. The average Bonchev–Trinajstić information content (AvgIpc) is 2.35. The summed E-state index contributed by atoms with van der Waals surface area (Å²) in [5.74, 6) is 1.69. The summed E-state index contributed by atoms with van der Waals surface area (Å²) in [6.07, 6.45) is 0.